The molecule has 0 aromatic carbocycles. The van der Waals surface area contributed by atoms with Crippen molar-refractivity contribution in [2.45, 2.75) is 6.42 Å². The number of allylic oxidation sites excluding steroid dienone is 1. The molecule has 0 atom stereocenters. The van der Waals surface area contributed by atoms with Crippen LogP contribution in [-0.2, 0) is 0 Å². The maximum atomic E-state index is 12.9. The Morgan fingerprint density at radius 1 is 1.69 bits per heavy atom. The van der Waals surface area contributed by atoms with E-state index in [0.29, 0.717) is 5.56 Å². The molecule has 1 aromatic heterocycles. The molecule has 0 radical (unpaired) electrons. The lowest BCUT2D eigenvalue weighted by atomic mass is 10.2. The summed E-state index contributed by atoms with van der Waals surface area (Å²) >= 11 is 5.55. The fourth-order valence-electron chi connectivity index (χ4n) is 0.794. The van der Waals surface area contributed by atoms with E-state index in [-0.39, 0.29) is 11.6 Å². The van der Waals surface area contributed by atoms with Gasteiger partial charge < -0.3 is 0 Å². The van der Waals surface area contributed by atoms with Gasteiger partial charge in [0.25, 0.3) is 0 Å². The number of aromatic nitrogens is 1. The van der Waals surface area contributed by atoms with Gasteiger partial charge in [0.05, 0.1) is 18.7 Å². The van der Waals surface area contributed by atoms with E-state index >= 15 is 0 Å². The van der Waals surface area contributed by atoms with Crippen LogP contribution in [0.15, 0.2) is 18.3 Å². The van der Waals surface area contributed by atoms with Crippen molar-refractivity contribution in [1.29, 1.82) is 5.26 Å². The quantitative estimate of drug-likeness (QED) is 0.682. The summed E-state index contributed by atoms with van der Waals surface area (Å²) in [5.41, 5.74) is 0.343. The van der Waals surface area contributed by atoms with Crippen molar-refractivity contribution in [3.63, 3.8) is 0 Å². The highest BCUT2D eigenvalue weighted by Crippen LogP contribution is 2.13. The summed E-state index contributed by atoms with van der Waals surface area (Å²) in [6.07, 6.45) is 4.37. The van der Waals surface area contributed by atoms with Gasteiger partial charge in [0.15, 0.2) is 0 Å². The van der Waals surface area contributed by atoms with Crippen LogP contribution in [0.2, 0.25) is 5.15 Å². The lowest BCUT2D eigenvalue weighted by molar-refractivity contribution is 0.618. The average molecular weight is 197 g/mol. The summed E-state index contributed by atoms with van der Waals surface area (Å²) in [6, 6.07) is 3.32. The first kappa shape index (κ1) is 9.69. The Morgan fingerprint density at radius 2 is 2.46 bits per heavy atom. The molecule has 0 bridgehead atoms. The molecule has 0 fully saturated rings. The van der Waals surface area contributed by atoms with Gasteiger partial charge >= 0.3 is 0 Å². The molecule has 1 heterocycles. The van der Waals surface area contributed by atoms with Crippen LogP contribution in [0.3, 0.4) is 0 Å². The second-order valence-electron chi connectivity index (χ2n) is 2.29. The van der Waals surface area contributed by atoms with Crippen molar-refractivity contribution < 1.29 is 4.39 Å². The predicted octanol–water partition coefficient (Wildman–Crippen LogP) is 2.80. The highest BCUT2D eigenvalue weighted by atomic mass is 35.5. The Hall–Kier alpha value is -1.40. The van der Waals surface area contributed by atoms with Crippen LogP contribution in [-0.4, -0.2) is 4.98 Å². The monoisotopic (exact) mass is 196 g/mol. The molecule has 1 aromatic rings. The van der Waals surface area contributed by atoms with E-state index in [4.69, 9.17) is 16.9 Å². The van der Waals surface area contributed by atoms with Gasteiger partial charge in [0.2, 0.25) is 0 Å². The summed E-state index contributed by atoms with van der Waals surface area (Å²) < 4.78 is 12.9. The van der Waals surface area contributed by atoms with Crippen LogP contribution < -0.4 is 0 Å². The Bertz CT molecular complexity index is 368. The molecule has 2 nitrogen and oxygen atoms in total. The summed E-state index contributed by atoms with van der Waals surface area (Å²) in [5.74, 6) is -0.446. The van der Waals surface area contributed by atoms with E-state index in [1.165, 1.54) is 12.1 Å². The van der Waals surface area contributed by atoms with Crippen molar-refractivity contribution in [2.24, 2.45) is 0 Å². The molecule has 0 aliphatic rings. The first-order chi connectivity index (χ1) is 6.24. The smallest absolute Gasteiger partial charge is 0.148 e. The van der Waals surface area contributed by atoms with Gasteiger partial charge in [-0.3, -0.25) is 0 Å². The number of hydrogen-bond acceptors (Lipinski definition) is 2. The highest BCUT2D eigenvalue weighted by Gasteiger charge is 1.99. The molecule has 0 aliphatic carbocycles. The first-order valence-electron chi connectivity index (χ1n) is 3.58. The summed E-state index contributed by atoms with van der Waals surface area (Å²) in [5, 5.41) is 8.47. The zero-order valence-electron chi connectivity index (χ0n) is 6.67. The summed E-state index contributed by atoms with van der Waals surface area (Å²) in [4.78, 5) is 3.56. The number of pyridine rings is 1. The third-order valence-corrected chi connectivity index (χ3v) is 1.56. The SMILES string of the molecule is N#CCC=Cc1cc(Cl)ncc1F. The van der Waals surface area contributed by atoms with Gasteiger partial charge in [-0.1, -0.05) is 23.8 Å². The molecule has 0 aliphatic heterocycles. The van der Waals surface area contributed by atoms with Crippen molar-refractivity contribution in [3.05, 3.63) is 34.9 Å². The van der Waals surface area contributed by atoms with Crippen molar-refractivity contribution >= 4 is 17.7 Å². The molecule has 0 amide bonds. The largest absolute Gasteiger partial charge is 0.241 e. The van der Waals surface area contributed by atoms with Gasteiger partial charge in [-0.25, -0.2) is 9.37 Å². The second kappa shape index (κ2) is 4.58. The highest BCUT2D eigenvalue weighted by molar-refractivity contribution is 6.29. The van der Waals surface area contributed by atoms with Crippen molar-refractivity contribution in [1.82, 2.24) is 4.98 Å². The number of hydrogen-bond donors (Lipinski definition) is 0. The van der Waals surface area contributed by atoms with E-state index in [0.717, 1.165) is 6.20 Å². The predicted molar refractivity (Wildman–Crippen MR) is 48.5 cm³/mol. The minimum Gasteiger partial charge on any atom is -0.241 e. The topological polar surface area (TPSA) is 36.7 Å². The Balaban J connectivity index is 2.88. The molecule has 13 heavy (non-hydrogen) atoms. The second-order valence-corrected chi connectivity index (χ2v) is 2.68. The maximum absolute atomic E-state index is 12.9. The van der Waals surface area contributed by atoms with Gasteiger partial charge in [-0.15, -0.1) is 0 Å². The zero-order chi connectivity index (χ0) is 9.68. The van der Waals surface area contributed by atoms with Gasteiger partial charge in [-0.05, 0) is 6.07 Å². The van der Waals surface area contributed by atoms with Gasteiger partial charge in [0, 0.05) is 5.56 Å². The van der Waals surface area contributed by atoms with Crippen LogP contribution in [0, 0.1) is 17.1 Å². The Labute approximate surface area is 80.3 Å². The van der Waals surface area contributed by atoms with Gasteiger partial charge in [0.1, 0.15) is 11.0 Å². The van der Waals surface area contributed by atoms with E-state index in [1.807, 2.05) is 6.07 Å². The van der Waals surface area contributed by atoms with Crippen molar-refractivity contribution in [2.75, 3.05) is 0 Å². The first-order valence-corrected chi connectivity index (χ1v) is 3.96. The van der Waals surface area contributed by atoms with Gasteiger partial charge in [-0.2, -0.15) is 5.26 Å². The molecule has 1 rings (SSSR count). The molecule has 4 heteroatoms. The van der Waals surface area contributed by atoms with E-state index < -0.39 is 5.82 Å². The number of nitriles is 1. The fraction of sp³-hybridized carbons (Fsp3) is 0.111. The van der Waals surface area contributed by atoms with Crippen molar-refractivity contribution in [3.8, 4) is 6.07 Å². The minimum atomic E-state index is -0.446. The average Bonchev–Trinajstić information content (AvgIpc) is 2.11. The van der Waals surface area contributed by atoms with E-state index in [9.17, 15) is 4.39 Å². The summed E-state index contributed by atoms with van der Waals surface area (Å²) in [7, 11) is 0. The minimum absolute atomic E-state index is 0.234. The van der Waals surface area contributed by atoms with Crippen LogP contribution in [0.5, 0.6) is 0 Å². The lowest BCUT2D eigenvalue weighted by Gasteiger charge is -1.95. The molecule has 0 N–H and O–H groups in total. The molecule has 0 saturated carbocycles. The third-order valence-electron chi connectivity index (χ3n) is 1.36. The third kappa shape index (κ3) is 2.85. The molecule has 0 spiro atoms. The van der Waals surface area contributed by atoms with E-state index in [2.05, 4.69) is 4.98 Å². The fourth-order valence-corrected chi connectivity index (χ4v) is 0.960. The Kier molecular flexibility index (Phi) is 3.41. The molecule has 0 unspecified atom stereocenters. The molecular weight excluding hydrogens is 191 g/mol. The normalized spacial score (nSPS) is 10.2. The number of nitrogens with zero attached hydrogens (tertiary/aromatic N) is 2. The molecule has 66 valence electrons. The lowest BCUT2D eigenvalue weighted by Crippen LogP contribution is -1.84. The number of halogens is 2. The summed E-state index contributed by atoms with van der Waals surface area (Å²) in [6.45, 7) is 0. The zero-order valence-corrected chi connectivity index (χ0v) is 7.42. The Morgan fingerprint density at radius 3 is 3.15 bits per heavy atom. The van der Waals surface area contributed by atoms with E-state index in [1.54, 1.807) is 6.08 Å². The standard InChI is InChI=1S/C9H6ClFN2/c10-9-5-7(3-1-2-4-12)8(11)6-13-9/h1,3,5-6H,2H2. The van der Waals surface area contributed by atoms with Crippen LogP contribution >= 0.6 is 11.6 Å². The van der Waals surface area contributed by atoms with Crippen LogP contribution in [0.4, 0.5) is 4.39 Å². The maximum Gasteiger partial charge on any atom is 0.148 e. The number of rotatable bonds is 2. The molecule has 0 saturated heterocycles. The van der Waals surface area contributed by atoms with Crippen LogP contribution in [0.1, 0.15) is 12.0 Å². The van der Waals surface area contributed by atoms with Crippen LogP contribution in [0.25, 0.3) is 6.08 Å². The molecular formula is C9H6ClFN2.